The van der Waals surface area contributed by atoms with E-state index >= 15 is 0 Å². The van der Waals surface area contributed by atoms with Crippen LogP contribution in [0.4, 0.5) is 0 Å². The van der Waals surface area contributed by atoms with E-state index in [-0.39, 0.29) is 0 Å². The maximum absolute atomic E-state index is 3.82. The van der Waals surface area contributed by atoms with Crippen molar-refractivity contribution >= 4 is 0 Å². The summed E-state index contributed by atoms with van der Waals surface area (Å²) in [5.41, 5.74) is 1.63. The summed E-state index contributed by atoms with van der Waals surface area (Å²) in [6, 6.07) is 0. The molecular formula is C18H34. The van der Waals surface area contributed by atoms with Gasteiger partial charge in [0, 0.05) is 0 Å². The van der Waals surface area contributed by atoms with Crippen molar-refractivity contribution in [1.82, 2.24) is 0 Å². The minimum absolute atomic E-state index is 0.890. The average Bonchev–Trinajstić information content (AvgIpc) is 2.42. The molecule has 0 fully saturated rings. The number of rotatable bonds is 11. The summed E-state index contributed by atoms with van der Waals surface area (Å²) in [4.78, 5) is 0. The molecular weight excluding hydrogens is 216 g/mol. The molecule has 0 nitrogen and oxygen atoms in total. The molecule has 0 saturated heterocycles. The molecule has 0 heteroatoms. The van der Waals surface area contributed by atoms with E-state index < -0.39 is 0 Å². The van der Waals surface area contributed by atoms with E-state index in [1.54, 1.807) is 5.57 Å². The van der Waals surface area contributed by atoms with Crippen LogP contribution in [0, 0.1) is 11.8 Å². The molecule has 0 aliphatic heterocycles. The van der Waals surface area contributed by atoms with Crippen molar-refractivity contribution in [1.29, 1.82) is 0 Å². The molecule has 0 aromatic rings. The fraction of sp³-hybridized carbons (Fsp3) is 0.778. The maximum Gasteiger partial charge on any atom is -0.0286 e. The Kier molecular flexibility index (Phi) is 11.2. The van der Waals surface area contributed by atoms with Gasteiger partial charge in [0.15, 0.2) is 0 Å². The highest BCUT2D eigenvalue weighted by Gasteiger charge is 2.11. The van der Waals surface area contributed by atoms with Gasteiger partial charge in [-0.05, 0) is 44.4 Å². The molecule has 0 saturated carbocycles. The predicted octanol–water partition coefficient (Wildman–Crippen LogP) is 6.53. The lowest BCUT2D eigenvalue weighted by Gasteiger charge is -2.20. The van der Waals surface area contributed by atoms with Crippen LogP contribution < -0.4 is 0 Å². The molecule has 0 bridgehead atoms. The Morgan fingerprint density at radius 1 is 1.00 bits per heavy atom. The summed E-state index contributed by atoms with van der Waals surface area (Å²) < 4.78 is 0. The SMILES string of the molecule is C=CCCC(=CC)CC(CC)CCC(CC)CC. The third-order valence-corrected chi connectivity index (χ3v) is 4.34. The summed E-state index contributed by atoms with van der Waals surface area (Å²) in [5, 5.41) is 0. The number of hydrogen-bond acceptors (Lipinski definition) is 0. The minimum atomic E-state index is 0.890. The van der Waals surface area contributed by atoms with Gasteiger partial charge >= 0.3 is 0 Å². The minimum Gasteiger partial charge on any atom is -0.103 e. The van der Waals surface area contributed by atoms with Crippen LogP contribution >= 0.6 is 0 Å². The fourth-order valence-electron chi connectivity index (χ4n) is 2.64. The van der Waals surface area contributed by atoms with Crippen molar-refractivity contribution in [2.75, 3.05) is 0 Å². The van der Waals surface area contributed by atoms with Gasteiger partial charge in [0.25, 0.3) is 0 Å². The fourth-order valence-corrected chi connectivity index (χ4v) is 2.64. The Morgan fingerprint density at radius 2 is 1.56 bits per heavy atom. The normalized spacial score (nSPS) is 13.9. The highest BCUT2D eigenvalue weighted by atomic mass is 14.2. The molecule has 0 N–H and O–H groups in total. The van der Waals surface area contributed by atoms with E-state index in [1.807, 2.05) is 6.08 Å². The third kappa shape index (κ3) is 7.74. The zero-order valence-corrected chi connectivity index (χ0v) is 13.2. The van der Waals surface area contributed by atoms with Gasteiger partial charge in [0.2, 0.25) is 0 Å². The van der Waals surface area contributed by atoms with E-state index in [4.69, 9.17) is 0 Å². The van der Waals surface area contributed by atoms with E-state index in [0.717, 1.165) is 18.3 Å². The van der Waals surface area contributed by atoms with Crippen LogP contribution in [-0.2, 0) is 0 Å². The summed E-state index contributed by atoms with van der Waals surface area (Å²) in [5.74, 6) is 1.84. The average molecular weight is 250 g/mol. The van der Waals surface area contributed by atoms with Gasteiger partial charge in [0.05, 0.1) is 0 Å². The smallest absolute Gasteiger partial charge is 0.0286 e. The van der Waals surface area contributed by atoms with Crippen molar-refractivity contribution in [3.63, 3.8) is 0 Å². The molecule has 0 aliphatic rings. The van der Waals surface area contributed by atoms with Crippen LogP contribution in [0.15, 0.2) is 24.3 Å². The van der Waals surface area contributed by atoms with Crippen molar-refractivity contribution < 1.29 is 0 Å². The molecule has 0 spiro atoms. The maximum atomic E-state index is 3.82. The van der Waals surface area contributed by atoms with Crippen molar-refractivity contribution in [2.45, 2.75) is 79.1 Å². The highest BCUT2D eigenvalue weighted by Crippen LogP contribution is 2.26. The van der Waals surface area contributed by atoms with Crippen molar-refractivity contribution in [3.8, 4) is 0 Å². The first-order chi connectivity index (χ1) is 8.71. The van der Waals surface area contributed by atoms with Gasteiger partial charge in [-0.25, -0.2) is 0 Å². The van der Waals surface area contributed by atoms with Gasteiger partial charge in [0.1, 0.15) is 0 Å². The second-order valence-electron chi connectivity index (χ2n) is 5.51. The molecule has 0 rings (SSSR count). The first-order valence-corrected chi connectivity index (χ1v) is 7.96. The molecule has 0 amide bonds. The monoisotopic (exact) mass is 250 g/mol. The Labute approximate surface area is 116 Å². The largest absolute Gasteiger partial charge is 0.103 e. The Morgan fingerprint density at radius 3 is 2.00 bits per heavy atom. The van der Waals surface area contributed by atoms with Crippen molar-refractivity contribution in [2.24, 2.45) is 11.8 Å². The second kappa shape index (κ2) is 11.6. The van der Waals surface area contributed by atoms with E-state index in [2.05, 4.69) is 40.3 Å². The zero-order valence-electron chi connectivity index (χ0n) is 13.2. The van der Waals surface area contributed by atoms with Crippen LogP contribution in [0.1, 0.15) is 79.1 Å². The molecule has 18 heavy (non-hydrogen) atoms. The van der Waals surface area contributed by atoms with E-state index in [0.29, 0.717) is 0 Å². The van der Waals surface area contributed by atoms with Crippen LogP contribution in [0.5, 0.6) is 0 Å². The van der Waals surface area contributed by atoms with Gasteiger partial charge in [-0.3, -0.25) is 0 Å². The Balaban J connectivity index is 4.11. The predicted molar refractivity (Wildman–Crippen MR) is 84.9 cm³/mol. The summed E-state index contributed by atoms with van der Waals surface area (Å²) in [6.07, 6.45) is 14.9. The lowest BCUT2D eigenvalue weighted by Crippen LogP contribution is -2.05. The van der Waals surface area contributed by atoms with Crippen LogP contribution in [-0.4, -0.2) is 0 Å². The molecule has 0 heterocycles. The van der Waals surface area contributed by atoms with Gasteiger partial charge in [-0.2, -0.15) is 0 Å². The standard InChI is InChI=1S/C18H34/c1-6-11-12-17(9-4)15-18(10-5)14-13-16(7-2)8-3/h6,9,16,18H,1,7-8,10-15H2,2-5H3. The molecule has 0 aromatic heterocycles. The first-order valence-electron chi connectivity index (χ1n) is 7.96. The molecule has 1 unspecified atom stereocenters. The molecule has 106 valence electrons. The van der Waals surface area contributed by atoms with E-state index in [1.165, 1.54) is 44.9 Å². The van der Waals surface area contributed by atoms with Gasteiger partial charge < -0.3 is 0 Å². The van der Waals surface area contributed by atoms with Gasteiger partial charge in [-0.15, -0.1) is 6.58 Å². The zero-order chi connectivity index (χ0) is 13.8. The molecule has 0 aromatic carbocycles. The van der Waals surface area contributed by atoms with E-state index in [9.17, 15) is 0 Å². The summed E-state index contributed by atoms with van der Waals surface area (Å²) in [6.45, 7) is 13.0. The summed E-state index contributed by atoms with van der Waals surface area (Å²) >= 11 is 0. The highest BCUT2D eigenvalue weighted by molar-refractivity contribution is 5.02. The summed E-state index contributed by atoms with van der Waals surface area (Å²) in [7, 11) is 0. The third-order valence-electron chi connectivity index (χ3n) is 4.34. The van der Waals surface area contributed by atoms with Crippen molar-refractivity contribution in [3.05, 3.63) is 24.3 Å². The number of hydrogen-bond donors (Lipinski definition) is 0. The topological polar surface area (TPSA) is 0 Å². The van der Waals surface area contributed by atoms with Crippen LogP contribution in [0.25, 0.3) is 0 Å². The lowest BCUT2D eigenvalue weighted by molar-refractivity contribution is 0.366. The van der Waals surface area contributed by atoms with Crippen LogP contribution in [0.3, 0.4) is 0 Å². The molecule has 0 radical (unpaired) electrons. The molecule has 0 aliphatic carbocycles. The Hall–Kier alpha value is -0.520. The second-order valence-corrected chi connectivity index (χ2v) is 5.51. The molecule has 1 atom stereocenters. The van der Waals surface area contributed by atoms with Crippen LogP contribution in [0.2, 0.25) is 0 Å². The first kappa shape index (κ1) is 17.5. The lowest BCUT2D eigenvalue weighted by atomic mass is 9.86. The Bertz CT molecular complexity index is 220. The quantitative estimate of drug-likeness (QED) is 0.366. The van der Waals surface area contributed by atoms with Gasteiger partial charge in [-0.1, -0.05) is 64.2 Å². The number of allylic oxidation sites excluding steroid dienone is 3.